The zero-order valence-corrected chi connectivity index (χ0v) is 8.23. The molecule has 76 valence electrons. The lowest BCUT2D eigenvalue weighted by atomic mass is 9.85. The van der Waals surface area contributed by atoms with Crippen LogP contribution >= 0.6 is 0 Å². The van der Waals surface area contributed by atoms with Crippen LogP contribution in [0, 0.1) is 5.92 Å². The van der Waals surface area contributed by atoms with Crippen molar-refractivity contribution >= 4 is 0 Å². The highest BCUT2D eigenvalue weighted by Gasteiger charge is 2.26. The van der Waals surface area contributed by atoms with Gasteiger partial charge in [-0.25, -0.2) is 0 Å². The van der Waals surface area contributed by atoms with Gasteiger partial charge in [0, 0.05) is 12.0 Å². The second-order valence-electron chi connectivity index (χ2n) is 3.82. The summed E-state index contributed by atoms with van der Waals surface area (Å²) in [6.45, 7) is 3.44. The van der Waals surface area contributed by atoms with Crippen LogP contribution in [-0.2, 0) is 0 Å². The molecule has 14 heavy (non-hydrogen) atoms. The summed E-state index contributed by atoms with van der Waals surface area (Å²) in [6, 6.07) is 5.27. The summed E-state index contributed by atoms with van der Waals surface area (Å²) >= 11 is 0. The van der Waals surface area contributed by atoms with Gasteiger partial charge in [-0.15, -0.1) is 0 Å². The van der Waals surface area contributed by atoms with E-state index in [0.29, 0.717) is 25.0 Å². The maximum atomic E-state index is 9.29. The topological polar surface area (TPSA) is 55.5 Å². The van der Waals surface area contributed by atoms with Gasteiger partial charge < -0.3 is 15.6 Å². The average Bonchev–Trinajstić information content (AvgIpc) is 2.18. The molecule has 3 heteroatoms. The Morgan fingerprint density at radius 1 is 1.57 bits per heavy atom. The molecule has 1 aromatic carbocycles. The molecule has 1 heterocycles. The molecule has 0 saturated heterocycles. The number of ether oxygens (including phenoxy) is 1. The van der Waals surface area contributed by atoms with Crippen LogP contribution in [-0.4, -0.2) is 18.3 Å². The smallest absolute Gasteiger partial charge is 0.126 e. The number of fused-ring (bicyclic) bond motifs is 1. The lowest BCUT2D eigenvalue weighted by Crippen LogP contribution is -2.30. The van der Waals surface area contributed by atoms with Gasteiger partial charge in [-0.2, -0.15) is 0 Å². The first-order valence-electron chi connectivity index (χ1n) is 4.88. The number of aromatic hydroxyl groups is 1. The van der Waals surface area contributed by atoms with Crippen molar-refractivity contribution in [3.8, 4) is 11.5 Å². The highest BCUT2D eigenvalue weighted by Crippen LogP contribution is 2.37. The van der Waals surface area contributed by atoms with Gasteiger partial charge in [-0.3, -0.25) is 0 Å². The van der Waals surface area contributed by atoms with Crippen molar-refractivity contribution < 1.29 is 9.84 Å². The Kier molecular flexibility index (Phi) is 2.33. The molecule has 3 N–H and O–H groups in total. The Morgan fingerprint density at radius 2 is 2.36 bits per heavy atom. The van der Waals surface area contributed by atoms with E-state index in [9.17, 15) is 5.11 Å². The molecule has 0 radical (unpaired) electrons. The second kappa shape index (κ2) is 3.50. The monoisotopic (exact) mass is 193 g/mol. The van der Waals surface area contributed by atoms with Crippen molar-refractivity contribution in [2.75, 3.05) is 13.2 Å². The van der Waals surface area contributed by atoms with Crippen LogP contribution in [0.15, 0.2) is 18.2 Å². The van der Waals surface area contributed by atoms with Gasteiger partial charge in [0.2, 0.25) is 0 Å². The summed E-state index contributed by atoms with van der Waals surface area (Å²) in [4.78, 5) is 0. The average molecular weight is 193 g/mol. The molecule has 2 rings (SSSR count). The third-order valence-corrected chi connectivity index (χ3v) is 2.95. The molecule has 0 amide bonds. The lowest BCUT2D eigenvalue weighted by Gasteiger charge is -2.30. The van der Waals surface area contributed by atoms with Gasteiger partial charge in [0.1, 0.15) is 11.5 Å². The van der Waals surface area contributed by atoms with Gasteiger partial charge >= 0.3 is 0 Å². The number of rotatable bonds is 1. The van der Waals surface area contributed by atoms with E-state index in [1.165, 1.54) is 0 Å². The van der Waals surface area contributed by atoms with E-state index >= 15 is 0 Å². The van der Waals surface area contributed by atoms with E-state index in [2.05, 4.69) is 6.92 Å². The minimum absolute atomic E-state index is 0.252. The van der Waals surface area contributed by atoms with Crippen LogP contribution in [0.1, 0.15) is 18.4 Å². The molecule has 0 spiro atoms. The third kappa shape index (κ3) is 1.44. The molecule has 2 atom stereocenters. The normalized spacial score (nSPS) is 25.3. The highest BCUT2D eigenvalue weighted by molar-refractivity contribution is 5.43. The number of hydrogen-bond acceptors (Lipinski definition) is 3. The number of benzene rings is 1. The van der Waals surface area contributed by atoms with Crippen LogP contribution in [0.2, 0.25) is 0 Å². The molecular weight excluding hydrogens is 178 g/mol. The first kappa shape index (κ1) is 9.34. The summed E-state index contributed by atoms with van der Waals surface area (Å²) in [5.74, 6) is 1.83. The minimum Gasteiger partial charge on any atom is -0.508 e. The fourth-order valence-electron chi connectivity index (χ4n) is 1.89. The second-order valence-corrected chi connectivity index (χ2v) is 3.82. The van der Waals surface area contributed by atoms with Crippen molar-refractivity contribution in [1.29, 1.82) is 0 Å². The minimum atomic E-state index is 0.252. The van der Waals surface area contributed by atoms with Crippen molar-refractivity contribution in [3.63, 3.8) is 0 Å². The first-order valence-corrected chi connectivity index (χ1v) is 4.88. The summed E-state index contributed by atoms with van der Waals surface area (Å²) < 4.78 is 5.54. The van der Waals surface area contributed by atoms with Crippen LogP contribution in [0.25, 0.3) is 0 Å². The SMILES string of the molecule is CC1c2ccc(O)cc2OCC1CN. The van der Waals surface area contributed by atoms with Crippen LogP contribution in [0.4, 0.5) is 0 Å². The molecular formula is C11H15NO2. The molecule has 1 aromatic rings. The summed E-state index contributed by atoms with van der Waals surface area (Å²) in [7, 11) is 0. The first-order chi connectivity index (χ1) is 6.72. The molecule has 2 unspecified atom stereocenters. The predicted molar refractivity (Wildman–Crippen MR) is 54.6 cm³/mol. The Labute approximate surface area is 83.5 Å². The third-order valence-electron chi connectivity index (χ3n) is 2.95. The van der Waals surface area contributed by atoms with Crippen molar-refractivity contribution in [3.05, 3.63) is 23.8 Å². The van der Waals surface area contributed by atoms with Gasteiger partial charge in [0.15, 0.2) is 0 Å². The summed E-state index contributed by atoms with van der Waals surface area (Å²) in [5, 5.41) is 9.29. The highest BCUT2D eigenvalue weighted by atomic mass is 16.5. The number of phenolic OH excluding ortho intramolecular Hbond substituents is 1. The Hall–Kier alpha value is -1.22. The van der Waals surface area contributed by atoms with E-state index in [1.807, 2.05) is 6.07 Å². The zero-order valence-electron chi connectivity index (χ0n) is 8.23. The van der Waals surface area contributed by atoms with E-state index in [-0.39, 0.29) is 5.75 Å². The van der Waals surface area contributed by atoms with E-state index < -0.39 is 0 Å². The van der Waals surface area contributed by atoms with E-state index in [0.717, 1.165) is 11.3 Å². The van der Waals surface area contributed by atoms with Crippen molar-refractivity contribution in [2.24, 2.45) is 11.7 Å². The van der Waals surface area contributed by atoms with Gasteiger partial charge in [0.05, 0.1) is 6.61 Å². The molecule has 0 aromatic heterocycles. The molecule has 0 bridgehead atoms. The van der Waals surface area contributed by atoms with E-state index in [1.54, 1.807) is 12.1 Å². The van der Waals surface area contributed by atoms with Crippen LogP contribution in [0.5, 0.6) is 11.5 Å². The quantitative estimate of drug-likeness (QED) is 0.710. The lowest BCUT2D eigenvalue weighted by molar-refractivity contribution is 0.203. The number of phenols is 1. The number of hydrogen-bond donors (Lipinski definition) is 2. The Morgan fingerprint density at radius 3 is 3.07 bits per heavy atom. The molecule has 0 aliphatic carbocycles. The Bertz CT molecular complexity index is 338. The predicted octanol–water partition coefficient (Wildman–Crippen LogP) is 1.46. The number of nitrogens with two attached hydrogens (primary N) is 1. The van der Waals surface area contributed by atoms with Gasteiger partial charge in [-0.1, -0.05) is 13.0 Å². The molecule has 0 saturated carbocycles. The summed E-state index contributed by atoms with van der Waals surface area (Å²) in [6.07, 6.45) is 0. The fraction of sp³-hybridized carbons (Fsp3) is 0.455. The molecule has 3 nitrogen and oxygen atoms in total. The zero-order chi connectivity index (χ0) is 10.1. The van der Waals surface area contributed by atoms with Gasteiger partial charge in [-0.05, 0) is 24.1 Å². The molecule has 1 aliphatic rings. The standard InChI is InChI=1S/C11H15NO2/c1-7-8(5-12)6-14-11-4-9(13)2-3-10(7)11/h2-4,7-8,13H,5-6,12H2,1H3. The van der Waals surface area contributed by atoms with Gasteiger partial charge in [0.25, 0.3) is 0 Å². The largest absolute Gasteiger partial charge is 0.508 e. The van der Waals surface area contributed by atoms with Crippen LogP contribution < -0.4 is 10.5 Å². The van der Waals surface area contributed by atoms with Crippen LogP contribution in [0.3, 0.4) is 0 Å². The van der Waals surface area contributed by atoms with Crippen molar-refractivity contribution in [2.45, 2.75) is 12.8 Å². The molecule has 0 fully saturated rings. The summed E-state index contributed by atoms with van der Waals surface area (Å²) in [5.41, 5.74) is 6.79. The Balaban J connectivity index is 2.36. The van der Waals surface area contributed by atoms with E-state index in [4.69, 9.17) is 10.5 Å². The van der Waals surface area contributed by atoms with Crippen molar-refractivity contribution in [1.82, 2.24) is 0 Å². The fourth-order valence-corrected chi connectivity index (χ4v) is 1.89. The molecule has 1 aliphatic heterocycles. The maximum Gasteiger partial charge on any atom is 0.126 e. The maximum absolute atomic E-state index is 9.29.